The normalized spacial score (nSPS) is 12.0. The summed E-state index contributed by atoms with van der Waals surface area (Å²) in [7, 11) is 0. The summed E-state index contributed by atoms with van der Waals surface area (Å²) in [5.41, 5.74) is 2.00. The molecule has 0 saturated heterocycles. The molecule has 7 nitrogen and oxygen atoms in total. The molecule has 34 heavy (non-hydrogen) atoms. The van der Waals surface area contributed by atoms with Crippen LogP contribution in [0.1, 0.15) is 46.0 Å². The van der Waals surface area contributed by atoms with E-state index in [9.17, 15) is 14.4 Å². The predicted octanol–water partition coefficient (Wildman–Crippen LogP) is 5.19. The van der Waals surface area contributed by atoms with Gasteiger partial charge in [0.05, 0.1) is 24.5 Å². The fraction of sp³-hybridized carbons (Fsp3) is 0.222. The highest BCUT2D eigenvalue weighted by Crippen LogP contribution is 2.34. The average Bonchev–Trinajstić information content (AvgIpc) is 2.98. The van der Waals surface area contributed by atoms with E-state index in [0.29, 0.717) is 53.7 Å². The number of ether oxygens (including phenoxy) is 3. The van der Waals surface area contributed by atoms with Crippen LogP contribution in [0, 0.1) is 0 Å². The molecule has 7 heteroatoms. The summed E-state index contributed by atoms with van der Waals surface area (Å²) in [5.74, 6) is 0.805. The van der Waals surface area contributed by atoms with E-state index >= 15 is 0 Å². The standard InChI is InChI=1S/C27H25NO6/c1-2-32-26(30)12-7-15-33-25-11-6-4-9-21(25)28-27(31)19-13-14-24-20(16-19)22(29)17-18-8-3-5-10-23(18)34-24/h3-6,8-11,13-14,16H,2,7,12,15,17H2,1H3,(H,28,31). The van der Waals surface area contributed by atoms with Crippen LogP contribution >= 0.6 is 0 Å². The fourth-order valence-electron chi connectivity index (χ4n) is 3.64. The van der Waals surface area contributed by atoms with Crippen molar-refractivity contribution in [3.63, 3.8) is 0 Å². The minimum Gasteiger partial charge on any atom is -0.491 e. The first-order chi connectivity index (χ1) is 16.5. The third-order valence-electron chi connectivity index (χ3n) is 5.31. The zero-order valence-corrected chi connectivity index (χ0v) is 18.8. The van der Waals surface area contributed by atoms with Gasteiger partial charge in [0.1, 0.15) is 17.2 Å². The van der Waals surface area contributed by atoms with Gasteiger partial charge in [0.2, 0.25) is 0 Å². The molecule has 174 valence electrons. The number of rotatable bonds is 8. The maximum absolute atomic E-state index is 13.0. The lowest BCUT2D eigenvalue weighted by atomic mass is 10.0. The molecule has 1 heterocycles. The molecule has 0 saturated carbocycles. The SMILES string of the molecule is CCOC(=O)CCCOc1ccccc1NC(=O)c1ccc2c(c1)C(=O)Cc1ccccc1O2. The average molecular weight is 459 g/mol. The number of fused-ring (bicyclic) bond motifs is 2. The number of para-hydroxylation sites is 3. The maximum atomic E-state index is 13.0. The topological polar surface area (TPSA) is 90.9 Å². The zero-order valence-electron chi connectivity index (χ0n) is 18.8. The summed E-state index contributed by atoms with van der Waals surface area (Å²) in [5, 5.41) is 2.84. The number of hydrogen-bond donors (Lipinski definition) is 1. The quantitative estimate of drug-likeness (QED) is 0.368. The van der Waals surface area contributed by atoms with Crippen molar-refractivity contribution in [2.75, 3.05) is 18.5 Å². The predicted molar refractivity (Wildman–Crippen MR) is 127 cm³/mol. The van der Waals surface area contributed by atoms with Crippen LogP contribution in [0.3, 0.4) is 0 Å². The van der Waals surface area contributed by atoms with E-state index in [0.717, 1.165) is 5.56 Å². The Hall–Kier alpha value is -4.13. The molecule has 4 rings (SSSR count). The number of ketones is 1. The number of anilines is 1. The summed E-state index contributed by atoms with van der Waals surface area (Å²) in [4.78, 5) is 37.3. The Kier molecular flexibility index (Phi) is 7.22. The highest BCUT2D eigenvalue weighted by atomic mass is 16.5. The van der Waals surface area contributed by atoms with E-state index in [1.54, 1.807) is 49.4 Å². The first-order valence-electron chi connectivity index (χ1n) is 11.2. The lowest BCUT2D eigenvalue weighted by Crippen LogP contribution is -2.14. The second-order valence-corrected chi connectivity index (χ2v) is 7.73. The number of carbonyl (C=O) groups is 3. The van der Waals surface area contributed by atoms with Gasteiger partial charge in [-0.1, -0.05) is 30.3 Å². The van der Waals surface area contributed by atoms with Crippen LogP contribution in [0.4, 0.5) is 5.69 Å². The lowest BCUT2D eigenvalue weighted by Gasteiger charge is -2.13. The third kappa shape index (κ3) is 5.43. The van der Waals surface area contributed by atoms with Crippen molar-refractivity contribution < 1.29 is 28.6 Å². The largest absolute Gasteiger partial charge is 0.491 e. The van der Waals surface area contributed by atoms with Crippen LogP contribution in [0.25, 0.3) is 0 Å². The van der Waals surface area contributed by atoms with Crippen LogP contribution in [0.2, 0.25) is 0 Å². The number of esters is 1. The molecule has 1 aliphatic heterocycles. The van der Waals surface area contributed by atoms with Gasteiger partial charge in [0, 0.05) is 24.0 Å². The molecule has 0 spiro atoms. The number of carbonyl (C=O) groups excluding carboxylic acids is 3. The number of Topliss-reactive ketones (excluding diaryl/α,β-unsaturated/α-hetero) is 1. The van der Waals surface area contributed by atoms with Crippen LogP contribution in [0.15, 0.2) is 66.7 Å². The minimum atomic E-state index is -0.375. The van der Waals surface area contributed by atoms with E-state index in [1.165, 1.54) is 0 Å². The molecule has 1 aliphatic rings. The smallest absolute Gasteiger partial charge is 0.305 e. The molecule has 0 fully saturated rings. The van der Waals surface area contributed by atoms with Gasteiger partial charge in [0.25, 0.3) is 5.91 Å². The first kappa shape index (κ1) is 23.0. The second kappa shape index (κ2) is 10.7. The van der Waals surface area contributed by atoms with Gasteiger partial charge in [-0.25, -0.2) is 0 Å². The molecule has 1 N–H and O–H groups in total. The van der Waals surface area contributed by atoms with Crippen molar-refractivity contribution in [3.05, 3.63) is 83.4 Å². The Labute approximate surface area is 197 Å². The van der Waals surface area contributed by atoms with Gasteiger partial charge in [0.15, 0.2) is 5.78 Å². The van der Waals surface area contributed by atoms with Crippen molar-refractivity contribution in [2.24, 2.45) is 0 Å². The van der Waals surface area contributed by atoms with Gasteiger partial charge in [-0.3, -0.25) is 14.4 Å². The van der Waals surface area contributed by atoms with Gasteiger partial charge in [-0.15, -0.1) is 0 Å². The number of benzene rings is 3. The van der Waals surface area contributed by atoms with E-state index in [-0.39, 0.29) is 30.5 Å². The Morgan fingerprint density at radius 1 is 1.00 bits per heavy atom. The Morgan fingerprint density at radius 3 is 2.65 bits per heavy atom. The summed E-state index contributed by atoms with van der Waals surface area (Å²) in [6, 6.07) is 19.3. The zero-order chi connectivity index (χ0) is 23.9. The van der Waals surface area contributed by atoms with Gasteiger partial charge in [-0.05, 0) is 49.7 Å². The summed E-state index contributed by atoms with van der Waals surface area (Å²) in [6.07, 6.45) is 0.963. The highest BCUT2D eigenvalue weighted by molar-refractivity contribution is 6.08. The Morgan fingerprint density at radius 2 is 1.79 bits per heavy atom. The molecule has 0 aromatic heterocycles. The molecule has 0 atom stereocenters. The monoisotopic (exact) mass is 459 g/mol. The van der Waals surface area contributed by atoms with Gasteiger partial charge >= 0.3 is 5.97 Å². The van der Waals surface area contributed by atoms with Gasteiger partial charge < -0.3 is 19.5 Å². The highest BCUT2D eigenvalue weighted by Gasteiger charge is 2.22. The van der Waals surface area contributed by atoms with E-state index < -0.39 is 0 Å². The van der Waals surface area contributed by atoms with Crippen molar-refractivity contribution in [3.8, 4) is 17.2 Å². The molecule has 0 aliphatic carbocycles. The van der Waals surface area contributed by atoms with Gasteiger partial charge in [-0.2, -0.15) is 0 Å². The Bertz CT molecular complexity index is 1220. The first-order valence-corrected chi connectivity index (χ1v) is 11.2. The minimum absolute atomic E-state index is 0.111. The summed E-state index contributed by atoms with van der Waals surface area (Å²) >= 11 is 0. The van der Waals surface area contributed by atoms with Crippen molar-refractivity contribution >= 4 is 23.3 Å². The lowest BCUT2D eigenvalue weighted by molar-refractivity contribution is -0.143. The molecular weight excluding hydrogens is 434 g/mol. The van der Waals surface area contributed by atoms with E-state index in [1.807, 2.05) is 24.3 Å². The number of nitrogens with one attached hydrogen (secondary N) is 1. The maximum Gasteiger partial charge on any atom is 0.305 e. The molecule has 3 aromatic rings. The third-order valence-corrected chi connectivity index (χ3v) is 5.31. The summed E-state index contributed by atoms with van der Waals surface area (Å²) in [6.45, 7) is 2.41. The molecular formula is C27H25NO6. The molecule has 0 radical (unpaired) electrons. The van der Waals surface area contributed by atoms with Crippen molar-refractivity contribution in [1.29, 1.82) is 0 Å². The number of hydrogen-bond acceptors (Lipinski definition) is 6. The van der Waals surface area contributed by atoms with Crippen molar-refractivity contribution in [2.45, 2.75) is 26.2 Å². The van der Waals surface area contributed by atoms with Crippen LogP contribution in [-0.2, 0) is 16.0 Å². The molecule has 0 unspecified atom stereocenters. The van der Waals surface area contributed by atoms with E-state index in [2.05, 4.69) is 5.32 Å². The number of amides is 1. The van der Waals surface area contributed by atoms with Crippen LogP contribution in [-0.4, -0.2) is 30.9 Å². The van der Waals surface area contributed by atoms with Crippen molar-refractivity contribution in [1.82, 2.24) is 0 Å². The second-order valence-electron chi connectivity index (χ2n) is 7.73. The summed E-state index contributed by atoms with van der Waals surface area (Å²) < 4.78 is 16.6. The van der Waals surface area contributed by atoms with E-state index in [4.69, 9.17) is 14.2 Å². The molecule has 0 bridgehead atoms. The molecule has 1 amide bonds. The van der Waals surface area contributed by atoms with Crippen LogP contribution in [0.5, 0.6) is 17.2 Å². The van der Waals surface area contributed by atoms with Crippen LogP contribution < -0.4 is 14.8 Å². The fourth-order valence-corrected chi connectivity index (χ4v) is 3.64. The Balaban J connectivity index is 1.44. The molecule has 3 aromatic carbocycles.